The first-order valence-electron chi connectivity index (χ1n) is 9.14. The summed E-state index contributed by atoms with van der Waals surface area (Å²) in [5.74, 6) is 0.652. The molecule has 1 aliphatic rings. The Balaban J connectivity index is 1.79. The van der Waals surface area contributed by atoms with Gasteiger partial charge in [0.05, 0.1) is 13.1 Å². The summed E-state index contributed by atoms with van der Waals surface area (Å²) < 4.78 is 5.47. The van der Waals surface area contributed by atoms with Crippen molar-refractivity contribution in [3.63, 3.8) is 0 Å². The molecule has 0 spiro atoms. The van der Waals surface area contributed by atoms with Crippen molar-refractivity contribution in [3.05, 3.63) is 16.9 Å². The molecule has 0 aliphatic carbocycles. The highest BCUT2D eigenvalue weighted by molar-refractivity contribution is 5.92. The maximum absolute atomic E-state index is 12.3. The molecule has 0 bridgehead atoms. The van der Waals surface area contributed by atoms with Crippen molar-refractivity contribution in [3.8, 4) is 6.07 Å². The molecule has 1 aromatic heterocycles. The van der Waals surface area contributed by atoms with Crippen molar-refractivity contribution in [2.24, 2.45) is 0 Å². The van der Waals surface area contributed by atoms with Crippen LogP contribution in [0.2, 0.25) is 0 Å². The van der Waals surface area contributed by atoms with Crippen LogP contribution in [0, 0.1) is 25.2 Å². The Hall–Kier alpha value is -2.37. The number of hydrogen-bond acceptors (Lipinski definition) is 6. The summed E-state index contributed by atoms with van der Waals surface area (Å²) in [6.45, 7) is 12.9. The van der Waals surface area contributed by atoms with Crippen LogP contribution in [0.15, 0.2) is 4.42 Å². The average molecular weight is 375 g/mol. The van der Waals surface area contributed by atoms with E-state index in [9.17, 15) is 14.9 Å². The minimum absolute atomic E-state index is 0.0151. The summed E-state index contributed by atoms with van der Waals surface area (Å²) in [6, 6.07) is 2.07. The van der Waals surface area contributed by atoms with E-state index in [0.29, 0.717) is 31.0 Å². The van der Waals surface area contributed by atoms with Gasteiger partial charge in [0.2, 0.25) is 17.7 Å². The van der Waals surface area contributed by atoms with Crippen LogP contribution in [0.3, 0.4) is 0 Å². The number of aryl methyl sites for hydroxylation is 1. The number of nitriles is 1. The predicted octanol–water partition coefficient (Wildman–Crippen LogP) is 1.24. The smallest absolute Gasteiger partial charge is 0.240 e. The molecule has 0 unspecified atom stereocenters. The molecule has 1 saturated heterocycles. The molecule has 2 N–H and O–H groups in total. The largest absolute Gasteiger partial charge is 0.444 e. The van der Waals surface area contributed by atoms with Crippen LogP contribution in [-0.4, -0.2) is 66.4 Å². The number of furan rings is 1. The van der Waals surface area contributed by atoms with Crippen LogP contribution in [-0.2, 0) is 9.59 Å². The van der Waals surface area contributed by atoms with Crippen molar-refractivity contribution < 1.29 is 14.0 Å². The van der Waals surface area contributed by atoms with E-state index < -0.39 is 0 Å². The number of carbonyl (C=O) groups excluding carboxylic acids is 2. The fourth-order valence-electron chi connectivity index (χ4n) is 2.99. The number of piperazine rings is 1. The Labute approximate surface area is 160 Å². The molecular weight excluding hydrogens is 346 g/mol. The minimum atomic E-state index is -0.234. The summed E-state index contributed by atoms with van der Waals surface area (Å²) in [5, 5.41) is 14.9. The van der Waals surface area contributed by atoms with Crippen LogP contribution >= 0.6 is 0 Å². The van der Waals surface area contributed by atoms with Crippen LogP contribution in [0.25, 0.3) is 0 Å². The zero-order chi connectivity index (χ0) is 20.2. The Bertz CT molecular complexity index is 734. The lowest BCUT2D eigenvalue weighted by Crippen LogP contribution is -2.52. The SMILES string of the molecule is Cc1oc(NC(=O)CN2CCN(CC(=O)NC(C)(C)C)CC2)c(C#N)c1C. The van der Waals surface area contributed by atoms with Crippen molar-refractivity contribution in [2.75, 3.05) is 44.6 Å². The lowest BCUT2D eigenvalue weighted by molar-refractivity contribution is -0.124. The van der Waals surface area contributed by atoms with E-state index in [1.807, 2.05) is 25.7 Å². The fourth-order valence-corrected chi connectivity index (χ4v) is 2.99. The highest BCUT2D eigenvalue weighted by Gasteiger charge is 2.23. The summed E-state index contributed by atoms with van der Waals surface area (Å²) in [7, 11) is 0. The van der Waals surface area contributed by atoms with E-state index in [-0.39, 0.29) is 29.8 Å². The van der Waals surface area contributed by atoms with Gasteiger partial charge in [-0.15, -0.1) is 0 Å². The molecule has 27 heavy (non-hydrogen) atoms. The molecule has 2 rings (SSSR count). The molecule has 8 nitrogen and oxygen atoms in total. The van der Waals surface area contributed by atoms with Crippen LogP contribution in [0.4, 0.5) is 5.88 Å². The van der Waals surface area contributed by atoms with Gasteiger partial charge in [-0.25, -0.2) is 0 Å². The monoisotopic (exact) mass is 375 g/mol. The second-order valence-electron chi connectivity index (χ2n) is 8.00. The third-order valence-corrected chi connectivity index (χ3v) is 4.46. The topological polar surface area (TPSA) is 102 Å². The Morgan fingerprint density at radius 2 is 1.59 bits per heavy atom. The maximum Gasteiger partial charge on any atom is 0.240 e. The average Bonchev–Trinajstić information content (AvgIpc) is 2.81. The second-order valence-corrected chi connectivity index (χ2v) is 8.00. The normalized spacial score (nSPS) is 16.0. The van der Waals surface area contributed by atoms with Gasteiger partial charge in [-0.2, -0.15) is 5.26 Å². The molecule has 1 aliphatic heterocycles. The maximum atomic E-state index is 12.3. The number of hydrogen-bond donors (Lipinski definition) is 2. The molecule has 2 heterocycles. The van der Waals surface area contributed by atoms with E-state index in [2.05, 4.69) is 21.6 Å². The van der Waals surface area contributed by atoms with Gasteiger partial charge in [0.15, 0.2) is 0 Å². The number of nitrogens with zero attached hydrogens (tertiary/aromatic N) is 3. The quantitative estimate of drug-likeness (QED) is 0.803. The van der Waals surface area contributed by atoms with Gasteiger partial charge in [-0.1, -0.05) is 0 Å². The van der Waals surface area contributed by atoms with Crippen molar-refractivity contribution in [1.82, 2.24) is 15.1 Å². The summed E-state index contributed by atoms with van der Waals surface area (Å²) >= 11 is 0. The molecule has 1 aromatic rings. The molecule has 8 heteroatoms. The van der Waals surface area contributed by atoms with Gasteiger partial charge >= 0.3 is 0 Å². The highest BCUT2D eigenvalue weighted by atomic mass is 16.4. The fraction of sp³-hybridized carbons (Fsp3) is 0.632. The number of anilines is 1. The van der Waals surface area contributed by atoms with E-state index >= 15 is 0 Å². The lowest BCUT2D eigenvalue weighted by Gasteiger charge is -2.34. The van der Waals surface area contributed by atoms with Crippen LogP contribution < -0.4 is 10.6 Å². The molecule has 0 aromatic carbocycles. The van der Waals surface area contributed by atoms with Gasteiger partial charge in [0.25, 0.3) is 0 Å². The van der Waals surface area contributed by atoms with E-state index in [0.717, 1.165) is 18.7 Å². The Morgan fingerprint density at radius 3 is 2.07 bits per heavy atom. The van der Waals surface area contributed by atoms with Gasteiger partial charge in [0.1, 0.15) is 17.4 Å². The third kappa shape index (κ3) is 6.08. The Kier molecular flexibility index (Phi) is 6.63. The van der Waals surface area contributed by atoms with Gasteiger partial charge in [0, 0.05) is 37.3 Å². The first kappa shape index (κ1) is 20.9. The zero-order valence-corrected chi connectivity index (χ0v) is 16.8. The lowest BCUT2D eigenvalue weighted by atomic mass is 10.1. The van der Waals surface area contributed by atoms with E-state index in [4.69, 9.17) is 4.42 Å². The van der Waals surface area contributed by atoms with Crippen molar-refractivity contribution in [2.45, 2.75) is 40.2 Å². The Morgan fingerprint density at radius 1 is 1.07 bits per heavy atom. The molecule has 0 atom stereocenters. The number of carbonyl (C=O) groups is 2. The second kappa shape index (κ2) is 8.55. The zero-order valence-electron chi connectivity index (χ0n) is 16.8. The van der Waals surface area contributed by atoms with E-state index in [1.165, 1.54) is 0 Å². The molecule has 0 radical (unpaired) electrons. The van der Waals surface area contributed by atoms with Gasteiger partial charge < -0.3 is 9.73 Å². The van der Waals surface area contributed by atoms with Gasteiger partial charge in [-0.3, -0.25) is 24.7 Å². The predicted molar refractivity (Wildman–Crippen MR) is 102 cm³/mol. The van der Waals surface area contributed by atoms with E-state index in [1.54, 1.807) is 13.8 Å². The number of rotatable bonds is 5. The minimum Gasteiger partial charge on any atom is -0.444 e. The standard InChI is InChI=1S/C19H29N5O3/c1-13-14(2)27-18(15(13)10-20)21-16(25)11-23-6-8-24(9-7-23)12-17(26)22-19(3,4)5/h6-9,11-12H2,1-5H3,(H,21,25)(H,22,26). The van der Waals surface area contributed by atoms with Crippen LogP contribution in [0.1, 0.15) is 37.7 Å². The highest BCUT2D eigenvalue weighted by Crippen LogP contribution is 2.25. The van der Waals surface area contributed by atoms with Crippen molar-refractivity contribution in [1.29, 1.82) is 5.26 Å². The molecule has 1 fully saturated rings. The van der Waals surface area contributed by atoms with Crippen molar-refractivity contribution >= 4 is 17.7 Å². The van der Waals surface area contributed by atoms with Gasteiger partial charge in [-0.05, 0) is 34.6 Å². The first-order chi connectivity index (χ1) is 12.6. The van der Waals surface area contributed by atoms with Crippen LogP contribution in [0.5, 0.6) is 0 Å². The molecule has 2 amide bonds. The third-order valence-electron chi connectivity index (χ3n) is 4.46. The summed E-state index contributed by atoms with van der Waals surface area (Å²) in [4.78, 5) is 28.4. The summed E-state index contributed by atoms with van der Waals surface area (Å²) in [6.07, 6.45) is 0. The molecule has 0 saturated carbocycles. The summed E-state index contributed by atoms with van der Waals surface area (Å²) in [5.41, 5.74) is 0.882. The first-order valence-corrected chi connectivity index (χ1v) is 9.14. The molecule has 148 valence electrons. The molecular formula is C19H29N5O3. The number of amides is 2. The number of nitrogens with one attached hydrogen (secondary N) is 2.